The summed E-state index contributed by atoms with van der Waals surface area (Å²) in [6.45, 7) is 3.78. The highest BCUT2D eigenvalue weighted by atomic mass is 32.2. The number of carboxylic acid groups (broad SMARTS) is 1. The predicted molar refractivity (Wildman–Crippen MR) is 65.1 cm³/mol. The molecule has 0 saturated heterocycles. The minimum Gasteiger partial charge on any atom is -0.480 e. The second kappa shape index (κ2) is 4.75. The molecule has 0 bridgehead atoms. The van der Waals surface area contributed by atoms with Crippen LogP contribution >= 0.6 is 11.8 Å². The van der Waals surface area contributed by atoms with Gasteiger partial charge >= 0.3 is 5.97 Å². The van der Waals surface area contributed by atoms with Crippen molar-refractivity contribution < 1.29 is 9.90 Å². The molecule has 2 rings (SSSR count). The van der Waals surface area contributed by atoms with Gasteiger partial charge in [0.05, 0.1) is 11.7 Å². The van der Waals surface area contributed by atoms with Crippen molar-refractivity contribution in [3.63, 3.8) is 0 Å². The van der Waals surface area contributed by atoms with Crippen LogP contribution in [0, 0.1) is 5.92 Å². The molecule has 2 aromatic heterocycles. The standard InChI is InChI=1S/C11H13N3O2S/c1-7(2)9(11(15)16)17-10-8-3-4-13-14(8)6-5-12-10/h3-7,9H,1-2H3,(H,15,16). The van der Waals surface area contributed by atoms with Crippen molar-refractivity contribution in [2.45, 2.75) is 24.1 Å². The van der Waals surface area contributed by atoms with E-state index in [9.17, 15) is 4.79 Å². The van der Waals surface area contributed by atoms with Crippen LogP contribution in [-0.4, -0.2) is 30.9 Å². The Bertz CT molecular complexity index is 538. The van der Waals surface area contributed by atoms with Crippen LogP contribution in [0.4, 0.5) is 0 Å². The lowest BCUT2D eigenvalue weighted by atomic mass is 10.1. The van der Waals surface area contributed by atoms with Crippen LogP contribution in [0.3, 0.4) is 0 Å². The maximum absolute atomic E-state index is 11.1. The van der Waals surface area contributed by atoms with Gasteiger partial charge < -0.3 is 5.11 Å². The Balaban J connectivity index is 2.34. The molecule has 0 spiro atoms. The zero-order valence-electron chi connectivity index (χ0n) is 9.57. The molecule has 0 aliphatic heterocycles. The van der Waals surface area contributed by atoms with E-state index in [-0.39, 0.29) is 5.92 Å². The second-order valence-corrected chi connectivity index (χ2v) is 5.14. The first-order valence-corrected chi connectivity index (χ1v) is 6.15. The summed E-state index contributed by atoms with van der Waals surface area (Å²) in [6.07, 6.45) is 5.04. The summed E-state index contributed by atoms with van der Waals surface area (Å²) in [5.41, 5.74) is 0.837. The number of hydrogen-bond acceptors (Lipinski definition) is 4. The van der Waals surface area contributed by atoms with Crippen LogP contribution in [0.2, 0.25) is 0 Å². The predicted octanol–water partition coefficient (Wildman–Crippen LogP) is 1.93. The molecule has 0 fully saturated rings. The Labute approximate surface area is 103 Å². The molecule has 0 aromatic carbocycles. The molecular formula is C11H13N3O2S. The van der Waals surface area contributed by atoms with Gasteiger partial charge in [0.2, 0.25) is 0 Å². The van der Waals surface area contributed by atoms with Crippen LogP contribution in [0.5, 0.6) is 0 Å². The summed E-state index contributed by atoms with van der Waals surface area (Å²) in [5, 5.41) is 13.5. The van der Waals surface area contributed by atoms with E-state index < -0.39 is 11.2 Å². The van der Waals surface area contributed by atoms with Gasteiger partial charge in [-0.25, -0.2) is 9.50 Å². The van der Waals surface area contributed by atoms with Crippen LogP contribution in [0.15, 0.2) is 29.7 Å². The Morgan fingerprint density at radius 2 is 2.24 bits per heavy atom. The lowest BCUT2D eigenvalue weighted by molar-refractivity contribution is -0.137. The number of carboxylic acids is 1. The van der Waals surface area contributed by atoms with E-state index in [2.05, 4.69) is 10.1 Å². The van der Waals surface area contributed by atoms with Crippen molar-refractivity contribution in [2.75, 3.05) is 0 Å². The van der Waals surface area contributed by atoms with Gasteiger partial charge in [-0.3, -0.25) is 4.79 Å². The molecule has 0 radical (unpaired) electrons. The summed E-state index contributed by atoms with van der Waals surface area (Å²) in [7, 11) is 0. The number of thioether (sulfide) groups is 1. The van der Waals surface area contributed by atoms with E-state index in [1.54, 1.807) is 23.1 Å². The van der Waals surface area contributed by atoms with Gasteiger partial charge in [-0.15, -0.1) is 0 Å². The molecule has 5 nitrogen and oxygen atoms in total. The van der Waals surface area contributed by atoms with E-state index in [0.29, 0.717) is 5.03 Å². The summed E-state index contributed by atoms with van der Waals surface area (Å²) in [4.78, 5) is 15.4. The van der Waals surface area contributed by atoms with Crippen molar-refractivity contribution in [1.82, 2.24) is 14.6 Å². The highest BCUT2D eigenvalue weighted by Gasteiger charge is 2.24. The van der Waals surface area contributed by atoms with E-state index in [0.717, 1.165) is 5.52 Å². The number of hydrogen-bond donors (Lipinski definition) is 1. The topological polar surface area (TPSA) is 67.5 Å². The van der Waals surface area contributed by atoms with E-state index in [1.165, 1.54) is 11.8 Å². The molecule has 0 saturated carbocycles. The number of fused-ring (bicyclic) bond motifs is 1. The van der Waals surface area contributed by atoms with Gasteiger partial charge in [-0.1, -0.05) is 25.6 Å². The van der Waals surface area contributed by atoms with Crippen LogP contribution in [-0.2, 0) is 4.79 Å². The molecule has 6 heteroatoms. The maximum atomic E-state index is 11.1. The number of aromatic nitrogens is 3. The smallest absolute Gasteiger partial charge is 0.317 e. The second-order valence-electron chi connectivity index (χ2n) is 4.01. The summed E-state index contributed by atoms with van der Waals surface area (Å²) in [6, 6.07) is 1.83. The Morgan fingerprint density at radius 3 is 2.88 bits per heavy atom. The molecule has 17 heavy (non-hydrogen) atoms. The molecule has 2 heterocycles. The van der Waals surface area contributed by atoms with E-state index >= 15 is 0 Å². The third kappa shape index (κ3) is 2.41. The third-order valence-electron chi connectivity index (χ3n) is 2.38. The molecule has 0 aliphatic carbocycles. The van der Waals surface area contributed by atoms with Crippen molar-refractivity contribution >= 4 is 23.2 Å². The minimum atomic E-state index is -0.812. The van der Waals surface area contributed by atoms with Crippen molar-refractivity contribution in [3.8, 4) is 0 Å². The van der Waals surface area contributed by atoms with Gasteiger partial charge in [0, 0.05) is 12.4 Å². The SMILES string of the molecule is CC(C)C(Sc1nccn2nccc12)C(=O)O. The molecule has 90 valence electrons. The molecule has 0 amide bonds. The maximum Gasteiger partial charge on any atom is 0.317 e. The van der Waals surface area contributed by atoms with Gasteiger partial charge in [-0.2, -0.15) is 5.10 Å². The zero-order valence-corrected chi connectivity index (χ0v) is 10.4. The number of rotatable bonds is 4. The van der Waals surface area contributed by atoms with Crippen LogP contribution < -0.4 is 0 Å². The average Bonchev–Trinajstić information content (AvgIpc) is 2.73. The highest BCUT2D eigenvalue weighted by Crippen LogP contribution is 2.29. The fourth-order valence-corrected chi connectivity index (χ4v) is 2.53. The molecule has 1 atom stereocenters. The minimum absolute atomic E-state index is 0.0440. The summed E-state index contributed by atoms with van der Waals surface area (Å²) >= 11 is 1.27. The Hall–Kier alpha value is -1.56. The lowest BCUT2D eigenvalue weighted by Crippen LogP contribution is -2.22. The normalized spacial score (nSPS) is 13.1. The van der Waals surface area contributed by atoms with Gasteiger partial charge in [0.25, 0.3) is 0 Å². The molecule has 2 aromatic rings. The van der Waals surface area contributed by atoms with Crippen molar-refractivity contribution in [2.24, 2.45) is 5.92 Å². The Kier molecular flexibility index (Phi) is 3.33. The third-order valence-corrected chi connectivity index (χ3v) is 3.91. The van der Waals surface area contributed by atoms with Crippen molar-refractivity contribution in [1.29, 1.82) is 0 Å². The Morgan fingerprint density at radius 1 is 1.47 bits per heavy atom. The average molecular weight is 251 g/mol. The van der Waals surface area contributed by atoms with Crippen molar-refractivity contribution in [3.05, 3.63) is 24.7 Å². The first-order chi connectivity index (χ1) is 8.09. The quantitative estimate of drug-likeness (QED) is 0.841. The monoisotopic (exact) mass is 251 g/mol. The van der Waals surface area contributed by atoms with Crippen LogP contribution in [0.1, 0.15) is 13.8 Å². The first kappa shape index (κ1) is 11.9. The van der Waals surface area contributed by atoms with E-state index in [4.69, 9.17) is 5.11 Å². The fraction of sp³-hybridized carbons (Fsp3) is 0.364. The van der Waals surface area contributed by atoms with Gasteiger partial charge in [0.1, 0.15) is 10.3 Å². The molecule has 1 unspecified atom stereocenters. The number of nitrogens with zero attached hydrogens (tertiary/aromatic N) is 3. The fourth-order valence-electron chi connectivity index (χ4n) is 1.52. The lowest BCUT2D eigenvalue weighted by Gasteiger charge is -2.15. The molecule has 1 N–H and O–H groups in total. The number of aliphatic carboxylic acids is 1. The zero-order chi connectivity index (χ0) is 12.4. The summed E-state index contributed by atoms with van der Waals surface area (Å²) in [5.74, 6) is -0.768. The van der Waals surface area contributed by atoms with Gasteiger partial charge in [-0.05, 0) is 12.0 Å². The van der Waals surface area contributed by atoms with E-state index in [1.807, 2.05) is 19.9 Å². The largest absolute Gasteiger partial charge is 0.480 e. The summed E-state index contributed by atoms with van der Waals surface area (Å²) < 4.78 is 1.69. The molecule has 0 aliphatic rings. The molecular weight excluding hydrogens is 238 g/mol. The van der Waals surface area contributed by atoms with Gasteiger partial charge in [0.15, 0.2) is 0 Å². The highest BCUT2D eigenvalue weighted by molar-refractivity contribution is 8.00. The first-order valence-electron chi connectivity index (χ1n) is 5.27. The van der Waals surface area contributed by atoms with Crippen LogP contribution in [0.25, 0.3) is 5.52 Å². The number of carbonyl (C=O) groups is 1.